The Labute approximate surface area is 209 Å². The third-order valence-electron chi connectivity index (χ3n) is 6.93. The first kappa shape index (κ1) is 21.4. The molecule has 2 aliphatic carbocycles. The number of rotatable bonds is 5. The Hall–Kier alpha value is -3.09. The van der Waals surface area contributed by atoms with Crippen molar-refractivity contribution in [3.63, 3.8) is 0 Å². The summed E-state index contributed by atoms with van der Waals surface area (Å²) in [6, 6.07) is 37.9. The normalized spacial score (nSPS) is 15.4. The molecule has 0 radical (unpaired) electrons. The van der Waals surface area contributed by atoms with Gasteiger partial charge in [-0.1, -0.05) is 0 Å². The van der Waals surface area contributed by atoms with Crippen molar-refractivity contribution in [2.45, 2.75) is 10.0 Å². The maximum atomic E-state index is 5.71. The van der Waals surface area contributed by atoms with Crippen LogP contribution in [0, 0.1) is 0 Å². The first-order valence-electron chi connectivity index (χ1n) is 11.8. The van der Waals surface area contributed by atoms with Crippen LogP contribution in [0.15, 0.2) is 125 Å². The number of methoxy groups -OCH3 is 1. The Bertz CT molecular complexity index is 1400. The molecule has 2 heteroatoms. The third-order valence-corrected chi connectivity index (χ3v) is 15.2. The molecule has 0 saturated carbocycles. The molecule has 1 atom stereocenters. The molecule has 164 valence electrons. The van der Waals surface area contributed by atoms with Crippen molar-refractivity contribution in [3.8, 4) is 16.9 Å². The molecule has 0 fully saturated rings. The Kier molecular flexibility index (Phi) is 5.85. The summed E-state index contributed by atoms with van der Waals surface area (Å²) in [5.74, 6) is 0.943. The van der Waals surface area contributed by atoms with E-state index in [0.29, 0.717) is 3.63 Å². The van der Waals surface area contributed by atoms with E-state index >= 15 is 0 Å². The molecular weight excluding hydrogens is 492 g/mol. The number of allylic oxidation sites excluding steroid dienone is 4. The van der Waals surface area contributed by atoms with Gasteiger partial charge in [-0.2, -0.15) is 0 Å². The van der Waals surface area contributed by atoms with Crippen molar-refractivity contribution in [3.05, 3.63) is 147 Å². The quantitative estimate of drug-likeness (QED) is 0.266. The van der Waals surface area contributed by atoms with E-state index in [1.807, 2.05) is 0 Å². The maximum absolute atomic E-state index is 5.71. The van der Waals surface area contributed by atoms with Crippen molar-refractivity contribution in [1.82, 2.24) is 0 Å². The predicted molar refractivity (Wildman–Crippen MR) is 138 cm³/mol. The van der Waals surface area contributed by atoms with E-state index in [2.05, 4.69) is 121 Å². The summed E-state index contributed by atoms with van der Waals surface area (Å²) in [7, 11) is 1.77. The molecule has 0 amide bonds. The molecule has 2 aliphatic rings. The van der Waals surface area contributed by atoms with E-state index in [4.69, 9.17) is 4.74 Å². The predicted octanol–water partition coefficient (Wildman–Crippen LogP) is 7.50. The van der Waals surface area contributed by atoms with Crippen LogP contribution in [-0.4, -0.2) is 10.3 Å². The third kappa shape index (κ3) is 3.71. The van der Waals surface area contributed by atoms with Gasteiger partial charge in [-0.25, -0.2) is 0 Å². The van der Waals surface area contributed by atoms with E-state index in [0.717, 1.165) is 12.2 Å². The minimum absolute atomic E-state index is 0.408. The van der Waals surface area contributed by atoms with Crippen molar-refractivity contribution >= 4 is 3.21 Å². The zero-order valence-electron chi connectivity index (χ0n) is 19.2. The second-order valence-corrected chi connectivity index (χ2v) is 15.1. The fourth-order valence-electron chi connectivity index (χ4n) is 5.45. The summed E-state index contributed by atoms with van der Waals surface area (Å²) in [4.78, 5) is 0. The van der Waals surface area contributed by atoms with Crippen LogP contribution in [0.4, 0.5) is 0 Å². The first-order chi connectivity index (χ1) is 16.8. The fraction of sp³-hybridized carbons (Fsp3) is 0.0938. The van der Waals surface area contributed by atoms with Gasteiger partial charge in [-0.3, -0.25) is 0 Å². The van der Waals surface area contributed by atoms with Crippen LogP contribution in [0.25, 0.3) is 11.1 Å². The van der Waals surface area contributed by atoms with Gasteiger partial charge in [0.2, 0.25) is 0 Å². The van der Waals surface area contributed by atoms with Crippen LogP contribution in [0.2, 0.25) is 0 Å². The van der Waals surface area contributed by atoms with Gasteiger partial charge < -0.3 is 0 Å². The van der Waals surface area contributed by atoms with E-state index < -0.39 is 21.3 Å². The average molecular weight is 518 g/mol. The Morgan fingerprint density at radius 1 is 0.735 bits per heavy atom. The molecule has 0 aliphatic heterocycles. The molecule has 1 unspecified atom stereocenters. The molecule has 0 spiro atoms. The molecule has 0 bridgehead atoms. The van der Waals surface area contributed by atoms with Gasteiger partial charge in [0.1, 0.15) is 0 Å². The monoisotopic (exact) mass is 516 g/mol. The minimum atomic E-state index is -2.57. The van der Waals surface area contributed by atoms with E-state index in [-0.39, 0.29) is 0 Å². The molecular formula is C32H26OZr. The summed E-state index contributed by atoms with van der Waals surface area (Å²) in [5.41, 5.74) is 8.40. The van der Waals surface area contributed by atoms with Gasteiger partial charge in [0.15, 0.2) is 0 Å². The Morgan fingerprint density at radius 3 is 2.03 bits per heavy atom. The molecule has 0 aromatic heterocycles. The van der Waals surface area contributed by atoms with Crippen LogP contribution in [-0.2, 0) is 21.3 Å². The topological polar surface area (TPSA) is 9.23 Å². The number of benzene rings is 4. The number of hydrogen-bond acceptors (Lipinski definition) is 1. The van der Waals surface area contributed by atoms with Crippen LogP contribution >= 0.6 is 0 Å². The van der Waals surface area contributed by atoms with E-state index in [1.165, 1.54) is 33.4 Å². The fourth-order valence-corrected chi connectivity index (χ4v) is 14.5. The molecule has 0 N–H and O–H groups in total. The number of ether oxygens (including phenoxy) is 1. The van der Waals surface area contributed by atoms with Crippen LogP contribution in [0.1, 0.15) is 32.3 Å². The second kappa shape index (κ2) is 9.28. The van der Waals surface area contributed by atoms with Crippen molar-refractivity contribution < 1.29 is 26.0 Å². The first-order valence-corrected chi connectivity index (χ1v) is 15.7. The van der Waals surface area contributed by atoms with Gasteiger partial charge in [0.25, 0.3) is 0 Å². The van der Waals surface area contributed by atoms with Crippen molar-refractivity contribution in [1.29, 1.82) is 0 Å². The summed E-state index contributed by atoms with van der Waals surface area (Å²) in [6.07, 6.45) is 8.07. The molecule has 4 aromatic carbocycles. The summed E-state index contributed by atoms with van der Waals surface area (Å²) in [5, 5.41) is 0. The number of hydrogen-bond donors (Lipinski definition) is 0. The average Bonchev–Trinajstić information content (AvgIpc) is 3.55. The van der Waals surface area contributed by atoms with Gasteiger partial charge >= 0.3 is 210 Å². The molecule has 34 heavy (non-hydrogen) atoms. The standard InChI is InChI=1S/C14H11O.C13H10.C5H5.Zr/c1-15-12-6-7-14-11(9-12)8-10-4-2-3-5-13(10)14;1-3-7-12(8-4-1)11-13-9-5-2-6-10-13;1-2-4-5-3-1;/h2-9H,1H3;1-10H;1-3H,4H2;. The molecule has 0 saturated heterocycles. The summed E-state index contributed by atoms with van der Waals surface area (Å²) >= 11 is -2.57. The van der Waals surface area contributed by atoms with Crippen LogP contribution < -0.4 is 4.74 Å². The zero-order valence-corrected chi connectivity index (χ0v) is 21.7. The number of fused-ring (bicyclic) bond motifs is 3. The van der Waals surface area contributed by atoms with E-state index in [9.17, 15) is 0 Å². The van der Waals surface area contributed by atoms with Gasteiger partial charge in [0.05, 0.1) is 0 Å². The summed E-state index contributed by atoms with van der Waals surface area (Å²) < 4.78 is 9.35. The van der Waals surface area contributed by atoms with Crippen LogP contribution in [0.3, 0.4) is 0 Å². The molecule has 4 aromatic rings. The SMILES string of the molecule is COc1ccc2c(c1)[CH]([Zr]([C]1=CC=CC1)=[C](c1ccccc1)c1ccccc1)c1ccccc1-2. The molecule has 6 rings (SSSR count). The molecule has 0 heterocycles. The Morgan fingerprint density at radius 2 is 1.38 bits per heavy atom. The molecule has 1 nitrogen and oxygen atoms in total. The second-order valence-electron chi connectivity index (χ2n) is 8.82. The van der Waals surface area contributed by atoms with Crippen LogP contribution in [0.5, 0.6) is 5.75 Å². The van der Waals surface area contributed by atoms with Crippen molar-refractivity contribution in [2.24, 2.45) is 0 Å². The Balaban J connectivity index is 1.72. The van der Waals surface area contributed by atoms with E-state index in [1.54, 1.807) is 13.6 Å². The summed E-state index contributed by atoms with van der Waals surface area (Å²) in [6.45, 7) is 0. The van der Waals surface area contributed by atoms with Gasteiger partial charge in [0, 0.05) is 0 Å². The van der Waals surface area contributed by atoms with Gasteiger partial charge in [-0.15, -0.1) is 0 Å². The zero-order chi connectivity index (χ0) is 22.9. The van der Waals surface area contributed by atoms with Gasteiger partial charge in [-0.05, 0) is 0 Å². The van der Waals surface area contributed by atoms with Crippen molar-refractivity contribution in [2.75, 3.05) is 7.11 Å².